The lowest BCUT2D eigenvalue weighted by Crippen LogP contribution is -2.36. The molecule has 8 heteroatoms. The third-order valence-electron chi connectivity index (χ3n) is 4.47. The van der Waals surface area contributed by atoms with Crippen LogP contribution in [0.4, 0.5) is 4.79 Å². The molecule has 0 radical (unpaired) electrons. The number of hydrogen-bond acceptors (Lipinski definition) is 4. The Morgan fingerprint density at radius 3 is 2.46 bits per heavy atom. The highest BCUT2D eigenvalue weighted by atomic mass is 32.2. The van der Waals surface area contributed by atoms with E-state index in [0.29, 0.717) is 25.8 Å². The van der Waals surface area contributed by atoms with Crippen LogP contribution in [0.5, 0.6) is 0 Å². The maximum absolute atomic E-state index is 11.8. The van der Waals surface area contributed by atoms with Crippen molar-refractivity contribution in [3.8, 4) is 0 Å². The van der Waals surface area contributed by atoms with Gasteiger partial charge in [0.15, 0.2) is 0 Å². The number of carbonyl (C=O) groups is 1. The van der Waals surface area contributed by atoms with Crippen molar-refractivity contribution in [1.82, 2.24) is 15.4 Å². The molecule has 1 saturated carbocycles. The normalized spacial score (nSPS) is 15.6. The summed E-state index contributed by atoms with van der Waals surface area (Å²) in [4.78, 5) is 12.0. The highest BCUT2D eigenvalue weighted by Gasteiger charge is 2.13. The van der Waals surface area contributed by atoms with Crippen LogP contribution in [-0.4, -0.2) is 40.8 Å². The Bertz CT molecular complexity index is 656. The smallest absolute Gasteiger partial charge is 0.315 e. The summed E-state index contributed by atoms with van der Waals surface area (Å²) in [7, 11) is -2.06. The Labute approximate surface area is 155 Å². The lowest BCUT2D eigenvalue weighted by Gasteiger charge is -2.21. The third kappa shape index (κ3) is 6.93. The predicted octanol–water partition coefficient (Wildman–Crippen LogP) is 2.13. The second-order valence-corrected chi connectivity index (χ2v) is 8.33. The Kier molecular flexibility index (Phi) is 8.34. The molecule has 0 spiro atoms. The molecule has 0 aliphatic heterocycles. The summed E-state index contributed by atoms with van der Waals surface area (Å²) in [5.74, 6) is 0. The summed E-state index contributed by atoms with van der Waals surface area (Å²) in [5.41, 5.74) is 0.829. The first-order valence-electron chi connectivity index (χ1n) is 9.17. The fourth-order valence-corrected chi connectivity index (χ4v) is 3.64. The van der Waals surface area contributed by atoms with Gasteiger partial charge in [0.25, 0.3) is 0 Å². The van der Waals surface area contributed by atoms with Crippen molar-refractivity contribution in [3.05, 3.63) is 29.8 Å². The van der Waals surface area contributed by atoms with E-state index in [4.69, 9.17) is 4.74 Å². The summed E-state index contributed by atoms with van der Waals surface area (Å²) in [6, 6.07) is 6.16. The topological polar surface area (TPSA) is 96.5 Å². The number of amides is 2. The van der Waals surface area contributed by atoms with Crippen LogP contribution in [-0.2, 0) is 21.3 Å². The van der Waals surface area contributed by atoms with E-state index in [-0.39, 0.29) is 10.9 Å². The maximum atomic E-state index is 11.8. The first-order valence-corrected chi connectivity index (χ1v) is 10.7. The van der Waals surface area contributed by atoms with Gasteiger partial charge in [0, 0.05) is 19.7 Å². The standard InChI is InChI=1S/C18H29N3O4S/c1-19-26(23,24)17-10-8-15(9-11-17)14-21-18(22)20-12-5-13-25-16-6-3-2-4-7-16/h8-11,16,19H,2-7,12-14H2,1H3,(H2,20,21,22). The molecule has 0 atom stereocenters. The van der Waals surface area contributed by atoms with Gasteiger partial charge in [0.1, 0.15) is 0 Å². The third-order valence-corrected chi connectivity index (χ3v) is 5.90. The molecule has 1 aliphatic carbocycles. The van der Waals surface area contributed by atoms with E-state index >= 15 is 0 Å². The molecular formula is C18H29N3O4S. The van der Waals surface area contributed by atoms with Crippen LogP contribution in [0.25, 0.3) is 0 Å². The van der Waals surface area contributed by atoms with Crippen LogP contribution in [0.1, 0.15) is 44.1 Å². The molecule has 3 N–H and O–H groups in total. The quantitative estimate of drug-likeness (QED) is 0.569. The van der Waals surface area contributed by atoms with Gasteiger partial charge in [-0.1, -0.05) is 31.4 Å². The Morgan fingerprint density at radius 2 is 1.81 bits per heavy atom. The highest BCUT2D eigenvalue weighted by molar-refractivity contribution is 7.89. The van der Waals surface area contributed by atoms with Crippen LogP contribution in [0.3, 0.4) is 0 Å². The van der Waals surface area contributed by atoms with E-state index in [2.05, 4.69) is 15.4 Å². The van der Waals surface area contributed by atoms with Crippen LogP contribution < -0.4 is 15.4 Å². The fraction of sp³-hybridized carbons (Fsp3) is 0.611. The van der Waals surface area contributed by atoms with Crippen molar-refractivity contribution in [2.24, 2.45) is 0 Å². The van der Waals surface area contributed by atoms with Crippen LogP contribution >= 0.6 is 0 Å². The molecule has 0 aromatic heterocycles. The predicted molar refractivity (Wildman–Crippen MR) is 100 cm³/mol. The summed E-state index contributed by atoms with van der Waals surface area (Å²) >= 11 is 0. The van der Waals surface area contributed by atoms with E-state index in [1.54, 1.807) is 12.1 Å². The van der Waals surface area contributed by atoms with Gasteiger partial charge in [0.05, 0.1) is 11.0 Å². The molecule has 0 heterocycles. The van der Waals surface area contributed by atoms with Gasteiger partial charge >= 0.3 is 6.03 Å². The van der Waals surface area contributed by atoms with E-state index in [9.17, 15) is 13.2 Å². The van der Waals surface area contributed by atoms with Crippen LogP contribution in [0.15, 0.2) is 29.2 Å². The molecule has 2 rings (SSSR count). The zero-order valence-corrected chi connectivity index (χ0v) is 16.1. The van der Waals surface area contributed by atoms with Gasteiger partial charge < -0.3 is 15.4 Å². The maximum Gasteiger partial charge on any atom is 0.315 e. The summed E-state index contributed by atoms with van der Waals surface area (Å²) in [5, 5.41) is 5.55. The first-order chi connectivity index (χ1) is 12.5. The molecule has 26 heavy (non-hydrogen) atoms. The summed E-state index contributed by atoms with van der Waals surface area (Å²) < 4.78 is 31.4. The number of hydrogen-bond donors (Lipinski definition) is 3. The fourth-order valence-electron chi connectivity index (χ4n) is 2.91. The number of ether oxygens (including phenoxy) is 1. The van der Waals surface area contributed by atoms with E-state index in [1.807, 2.05) is 0 Å². The average molecular weight is 384 g/mol. The number of rotatable bonds is 9. The van der Waals surface area contributed by atoms with E-state index in [0.717, 1.165) is 24.8 Å². The van der Waals surface area contributed by atoms with Gasteiger partial charge in [-0.2, -0.15) is 0 Å². The summed E-state index contributed by atoms with van der Waals surface area (Å²) in [6.45, 7) is 1.58. The minimum atomic E-state index is -3.43. The van der Waals surface area contributed by atoms with Gasteiger partial charge in [-0.15, -0.1) is 0 Å². The minimum absolute atomic E-state index is 0.200. The van der Waals surface area contributed by atoms with Gasteiger partial charge in [-0.3, -0.25) is 0 Å². The number of urea groups is 1. The zero-order valence-electron chi connectivity index (χ0n) is 15.3. The lowest BCUT2D eigenvalue weighted by molar-refractivity contribution is 0.0275. The molecule has 7 nitrogen and oxygen atoms in total. The molecule has 1 fully saturated rings. The number of sulfonamides is 1. The van der Waals surface area contributed by atoms with Crippen molar-refractivity contribution in [3.63, 3.8) is 0 Å². The van der Waals surface area contributed by atoms with Crippen LogP contribution in [0, 0.1) is 0 Å². The van der Waals surface area contributed by atoms with Gasteiger partial charge in [-0.05, 0) is 44.0 Å². The van der Waals surface area contributed by atoms with Crippen molar-refractivity contribution in [2.45, 2.75) is 56.1 Å². The highest BCUT2D eigenvalue weighted by Crippen LogP contribution is 2.20. The Balaban J connectivity index is 1.59. The van der Waals surface area contributed by atoms with Crippen LogP contribution in [0.2, 0.25) is 0 Å². The average Bonchev–Trinajstić information content (AvgIpc) is 2.67. The second kappa shape index (κ2) is 10.5. The number of carbonyl (C=O) groups excluding carboxylic acids is 1. The molecule has 0 unspecified atom stereocenters. The van der Waals surface area contributed by atoms with E-state index in [1.165, 1.54) is 38.4 Å². The monoisotopic (exact) mass is 383 g/mol. The molecule has 0 bridgehead atoms. The molecule has 146 valence electrons. The molecular weight excluding hydrogens is 354 g/mol. The summed E-state index contributed by atoms with van der Waals surface area (Å²) in [6.07, 6.45) is 7.33. The molecule has 1 aromatic carbocycles. The van der Waals surface area contributed by atoms with Gasteiger partial charge in [-0.25, -0.2) is 17.9 Å². The van der Waals surface area contributed by atoms with Crippen molar-refractivity contribution in [1.29, 1.82) is 0 Å². The molecule has 1 aliphatic rings. The Morgan fingerprint density at radius 1 is 1.12 bits per heavy atom. The molecule has 0 saturated heterocycles. The number of nitrogens with one attached hydrogen (secondary N) is 3. The largest absolute Gasteiger partial charge is 0.378 e. The van der Waals surface area contributed by atoms with Crippen molar-refractivity contribution >= 4 is 16.1 Å². The minimum Gasteiger partial charge on any atom is -0.378 e. The van der Waals surface area contributed by atoms with Gasteiger partial charge in [0.2, 0.25) is 10.0 Å². The number of benzene rings is 1. The molecule has 1 aromatic rings. The van der Waals surface area contributed by atoms with E-state index < -0.39 is 10.0 Å². The Hall–Kier alpha value is -1.64. The zero-order chi connectivity index (χ0) is 18.8. The first kappa shape index (κ1) is 20.7. The van der Waals surface area contributed by atoms with Crippen molar-refractivity contribution < 1.29 is 17.9 Å². The van der Waals surface area contributed by atoms with Crippen molar-refractivity contribution in [2.75, 3.05) is 20.2 Å². The SMILES string of the molecule is CNS(=O)(=O)c1ccc(CNC(=O)NCCCOC2CCCCC2)cc1. The molecule has 2 amide bonds. The lowest BCUT2D eigenvalue weighted by atomic mass is 9.98. The second-order valence-electron chi connectivity index (χ2n) is 6.45.